The van der Waals surface area contributed by atoms with Crippen molar-refractivity contribution in [3.8, 4) is 23.3 Å². The Morgan fingerprint density at radius 2 is 1.89 bits per heavy atom. The molecule has 0 N–H and O–H groups in total. The van der Waals surface area contributed by atoms with Crippen molar-refractivity contribution in [2.75, 3.05) is 26.9 Å². The second-order valence-electron chi connectivity index (χ2n) is 5.16. The van der Waals surface area contributed by atoms with Crippen LogP contribution in [0.25, 0.3) is 6.08 Å². The number of halogens is 1. The fourth-order valence-corrected chi connectivity index (χ4v) is 2.06. The normalized spacial score (nSPS) is 10.3. The van der Waals surface area contributed by atoms with E-state index in [1.54, 1.807) is 24.3 Å². The first-order valence-corrected chi connectivity index (χ1v) is 8.03. The van der Waals surface area contributed by atoms with Crippen LogP contribution < -0.4 is 14.2 Å². The zero-order valence-electron chi connectivity index (χ0n) is 14.7. The molecule has 0 heterocycles. The summed E-state index contributed by atoms with van der Waals surface area (Å²) in [5.74, 6) is 0.515. The van der Waals surface area contributed by atoms with Gasteiger partial charge in [-0.1, -0.05) is 6.07 Å². The molecular formula is C20H18FNO5. The molecule has 0 spiro atoms. The molecule has 0 radical (unpaired) electrons. The molecule has 2 aromatic carbocycles. The van der Waals surface area contributed by atoms with Crippen LogP contribution in [-0.4, -0.2) is 32.9 Å². The number of carbonyl (C=O) groups excluding carboxylic acids is 1. The predicted octanol–water partition coefficient (Wildman–Crippen LogP) is 3.37. The van der Waals surface area contributed by atoms with Crippen molar-refractivity contribution in [3.05, 3.63) is 59.9 Å². The standard InChI is InChI=1S/C20H18FNO5/c1-24-19-14-15(2-8-18(19)26-11-10-22)3-9-20(23)27-13-12-25-17-6-4-16(21)5-7-17/h2-9,14H,11-13H2,1H3/b9-3+. The molecule has 6 nitrogen and oxygen atoms in total. The molecule has 2 aromatic rings. The third-order valence-corrected chi connectivity index (χ3v) is 3.30. The Bertz CT molecular complexity index is 827. The fraction of sp³-hybridized carbons (Fsp3) is 0.200. The molecular weight excluding hydrogens is 353 g/mol. The highest BCUT2D eigenvalue weighted by molar-refractivity contribution is 5.87. The molecule has 0 amide bonds. The second-order valence-corrected chi connectivity index (χ2v) is 5.16. The van der Waals surface area contributed by atoms with E-state index in [4.69, 9.17) is 24.2 Å². The fourth-order valence-electron chi connectivity index (χ4n) is 2.06. The average molecular weight is 371 g/mol. The van der Waals surface area contributed by atoms with Gasteiger partial charge in [0.15, 0.2) is 18.1 Å². The first kappa shape index (κ1) is 19.8. The summed E-state index contributed by atoms with van der Waals surface area (Å²) in [5, 5.41) is 8.55. The molecule has 0 atom stereocenters. The van der Waals surface area contributed by atoms with E-state index in [1.807, 2.05) is 6.07 Å². The van der Waals surface area contributed by atoms with Crippen LogP contribution in [0.3, 0.4) is 0 Å². The van der Waals surface area contributed by atoms with Crippen LogP contribution in [0.15, 0.2) is 48.5 Å². The third-order valence-electron chi connectivity index (χ3n) is 3.30. The number of hydrogen-bond acceptors (Lipinski definition) is 6. The number of hydrogen-bond donors (Lipinski definition) is 0. The van der Waals surface area contributed by atoms with Crippen molar-refractivity contribution in [1.82, 2.24) is 0 Å². The van der Waals surface area contributed by atoms with Gasteiger partial charge in [0, 0.05) is 6.08 Å². The lowest BCUT2D eigenvalue weighted by Crippen LogP contribution is -2.10. The first-order valence-electron chi connectivity index (χ1n) is 8.03. The van der Waals surface area contributed by atoms with Crippen LogP contribution in [0.5, 0.6) is 17.2 Å². The van der Waals surface area contributed by atoms with Crippen LogP contribution in [0, 0.1) is 17.1 Å². The van der Waals surface area contributed by atoms with Crippen LogP contribution in [0.2, 0.25) is 0 Å². The highest BCUT2D eigenvalue weighted by atomic mass is 19.1. The van der Waals surface area contributed by atoms with Gasteiger partial charge >= 0.3 is 5.97 Å². The Balaban J connectivity index is 1.80. The molecule has 0 aliphatic heterocycles. The summed E-state index contributed by atoms with van der Waals surface area (Å²) in [6.45, 7) is 0.132. The summed E-state index contributed by atoms with van der Waals surface area (Å²) < 4.78 is 33.5. The summed E-state index contributed by atoms with van der Waals surface area (Å²) in [4.78, 5) is 11.7. The third kappa shape index (κ3) is 6.71. The number of benzene rings is 2. The van der Waals surface area contributed by atoms with Crippen molar-refractivity contribution in [3.63, 3.8) is 0 Å². The minimum Gasteiger partial charge on any atom is -0.493 e. The van der Waals surface area contributed by atoms with Gasteiger partial charge in [0.1, 0.15) is 30.8 Å². The van der Waals surface area contributed by atoms with Gasteiger partial charge < -0.3 is 18.9 Å². The minimum absolute atomic E-state index is 0.0603. The number of carbonyl (C=O) groups is 1. The number of ether oxygens (including phenoxy) is 4. The topological polar surface area (TPSA) is 77.8 Å². The Morgan fingerprint density at radius 1 is 1.11 bits per heavy atom. The van der Waals surface area contributed by atoms with Gasteiger partial charge in [0.2, 0.25) is 0 Å². The number of esters is 1. The maximum atomic E-state index is 12.8. The van der Waals surface area contributed by atoms with Gasteiger partial charge in [-0.25, -0.2) is 9.18 Å². The molecule has 0 bridgehead atoms. The quantitative estimate of drug-likeness (QED) is 0.382. The van der Waals surface area contributed by atoms with Crippen LogP contribution in [0.4, 0.5) is 4.39 Å². The van der Waals surface area contributed by atoms with Gasteiger partial charge in [-0.15, -0.1) is 0 Å². The van der Waals surface area contributed by atoms with E-state index in [9.17, 15) is 9.18 Å². The molecule has 0 saturated carbocycles. The largest absolute Gasteiger partial charge is 0.493 e. The Labute approximate surface area is 156 Å². The molecule has 140 valence electrons. The van der Waals surface area contributed by atoms with Crippen LogP contribution >= 0.6 is 0 Å². The maximum absolute atomic E-state index is 12.8. The van der Waals surface area contributed by atoms with E-state index < -0.39 is 5.97 Å². The molecule has 0 aliphatic carbocycles. The lowest BCUT2D eigenvalue weighted by Gasteiger charge is -2.08. The molecule has 7 heteroatoms. The van der Waals surface area contributed by atoms with E-state index in [2.05, 4.69) is 0 Å². The van der Waals surface area contributed by atoms with E-state index in [1.165, 1.54) is 37.5 Å². The first-order chi connectivity index (χ1) is 13.1. The van der Waals surface area contributed by atoms with Gasteiger partial charge in [0.25, 0.3) is 0 Å². The van der Waals surface area contributed by atoms with Gasteiger partial charge in [-0.05, 0) is 48.0 Å². The van der Waals surface area contributed by atoms with Crippen molar-refractivity contribution < 1.29 is 28.1 Å². The number of rotatable bonds is 9. The highest BCUT2D eigenvalue weighted by Crippen LogP contribution is 2.28. The van der Waals surface area contributed by atoms with E-state index in [0.717, 1.165) is 0 Å². The molecule has 0 fully saturated rings. The Kier molecular flexibility index (Phi) is 7.67. The minimum atomic E-state index is -0.526. The Hall–Kier alpha value is -3.53. The van der Waals surface area contributed by atoms with Crippen LogP contribution in [0.1, 0.15) is 5.56 Å². The summed E-state index contributed by atoms with van der Waals surface area (Å²) in [6.07, 6.45) is 2.85. The predicted molar refractivity (Wildman–Crippen MR) is 96.0 cm³/mol. The Morgan fingerprint density at radius 3 is 2.59 bits per heavy atom. The SMILES string of the molecule is COc1cc(/C=C/C(=O)OCCOc2ccc(F)cc2)ccc1OCC#N. The lowest BCUT2D eigenvalue weighted by molar-refractivity contribution is -0.138. The van der Waals surface area contributed by atoms with Crippen LogP contribution in [-0.2, 0) is 9.53 Å². The average Bonchev–Trinajstić information content (AvgIpc) is 2.69. The van der Waals surface area contributed by atoms with Gasteiger partial charge in [-0.2, -0.15) is 5.26 Å². The summed E-state index contributed by atoms with van der Waals surface area (Å²) in [7, 11) is 1.48. The zero-order chi connectivity index (χ0) is 19.5. The molecule has 0 saturated heterocycles. The van der Waals surface area contributed by atoms with Crippen molar-refractivity contribution >= 4 is 12.0 Å². The van der Waals surface area contributed by atoms with Gasteiger partial charge in [0.05, 0.1) is 7.11 Å². The van der Waals surface area contributed by atoms with E-state index in [-0.39, 0.29) is 25.6 Å². The summed E-state index contributed by atoms with van der Waals surface area (Å²) in [5.41, 5.74) is 0.704. The highest BCUT2D eigenvalue weighted by Gasteiger charge is 2.05. The van der Waals surface area contributed by atoms with Crippen molar-refractivity contribution in [1.29, 1.82) is 5.26 Å². The van der Waals surface area contributed by atoms with Crippen molar-refractivity contribution in [2.45, 2.75) is 0 Å². The lowest BCUT2D eigenvalue weighted by atomic mass is 10.2. The number of nitriles is 1. The van der Waals surface area contributed by atoms with E-state index >= 15 is 0 Å². The number of nitrogens with zero attached hydrogens (tertiary/aromatic N) is 1. The molecule has 2 rings (SSSR count). The number of methoxy groups -OCH3 is 1. The monoisotopic (exact) mass is 371 g/mol. The molecule has 0 unspecified atom stereocenters. The molecule has 0 aromatic heterocycles. The zero-order valence-corrected chi connectivity index (χ0v) is 14.7. The summed E-state index contributed by atoms with van der Waals surface area (Å²) >= 11 is 0. The molecule has 27 heavy (non-hydrogen) atoms. The van der Waals surface area contributed by atoms with Gasteiger partial charge in [-0.3, -0.25) is 0 Å². The smallest absolute Gasteiger partial charge is 0.330 e. The second kappa shape index (κ2) is 10.5. The molecule has 0 aliphatic rings. The maximum Gasteiger partial charge on any atom is 0.330 e. The van der Waals surface area contributed by atoms with Crippen molar-refractivity contribution in [2.24, 2.45) is 0 Å². The van der Waals surface area contributed by atoms with E-state index in [0.29, 0.717) is 22.8 Å². The summed E-state index contributed by atoms with van der Waals surface area (Å²) in [6, 6.07) is 12.5.